The second-order valence-corrected chi connectivity index (χ2v) is 9.30. The minimum Gasteiger partial charge on any atom is -0.374 e. The first kappa shape index (κ1) is 24.9. The molecular weight excluding hydrogens is 448 g/mol. The summed E-state index contributed by atoms with van der Waals surface area (Å²) < 4.78 is 24.8. The van der Waals surface area contributed by atoms with Crippen LogP contribution in [0.1, 0.15) is 16.7 Å². The smallest absolute Gasteiger partial charge is 0.169 e. The molecular formula is C28H32O5S. The van der Waals surface area contributed by atoms with Crippen LogP contribution in [-0.4, -0.2) is 47.8 Å². The minimum atomic E-state index is -0.974. The molecule has 5 atom stereocenters. The quantitative estimate of drug-likeness (QED) is 0.425. The first-order valence-electron chi connectivity index (χ1n) is 11.5. The Bertz CT molecular complexity index is 956. The van der Waals surface area contributed by atoms with Gasteiger partial charge in [-0.25, -0.2) is 0 Å². The minimum absolute atomic E-state index is 0.283. The van der Waals surface area contributed by atoms with Crippen molar-refractivity contribution in [3.8, 4) is 0 Å². The van der Waals surface area contributed by atoms with Gasteiger partial charge in [-0.05, 0) is 22.9 Å². The molecule has 1 heterocycles. The first-order valence-corrected chi connectivity index (χ1v) is 12.8. The van der Waals surface area contributed by atoms with E-state index in [-0.39, 0.29) is 18.0 Å². The molecule has 3 aromatic rings. The van der Waals surface area contributed by atoms with Gasteiger partial charge < -0.3 is 24.1 Å². The third-order valence-corrected chi connectivity index (χ3v) is 6.89. The van der Waals surface area contributed by atoms with Gasteiger partial charge in [0.25, 0.3) is 0 Å². The highest BCUT2D eigenvalue weighted by Crippen LogP contribution is 2.33. The fourth-order valence-corrected chi connectivity index (χ4v) is 4.87. The predicted octanol–water partition coefficient (Wildman–Crippen LogP) is 4.82. The summed E-state index contributed by atoms with van der Waals surface area (Å²) in [5.41, 5.74) is 3.22. The summed E-state index contributed by atoms with van der Waals surface area (Å²) in [7, 11) is 0. The van der Waals surface area contributed by atoms with Crippen molar-refractivity contribution in [1.29, 1.82) is 0 Å². The van der Waals surface area contributed by atoms with Crippen molar-refractivity contribution in [2.45, 2.75) is 49.7 Å². The van der Waals surface area contributed by atoms with Crippen molar-refractivity contribution in [3.05, 3.63) is 108 Å². The third-order valence-electron chi connectivity index (χ3n) is 5.85. The van der Waals surface area contributed by atoms with Crippen molar-refractivity contribution in [2.24, 2.45) is 0 Å². The van der Waals surface area contributed by atoms with Crippen molar-refractivity contribution < 1.29 is 24.1 Å². The van der Waals surface area contributed by atoms with Crippen LogP contribution in [0.4, 0.5) is 0 Å². The Balaban J connectivity index is 1.49. The number of rotatable bonds is 11. The summed E-state index contributed by atoms with van der Waals surface area (Å²) in [5, 5.41) is 10.5. The molecule has 1 N–H and O–H groups in total. The summed E-state index contributed by atoms with van der Waals surface area (Å²) in [6.45, 7) is 1.60. The van der Waals surface area contributed by atoms with E-state index in [4.69, 9.17) is 18.9 Å². The number of hydrogen-bond donors (Lipinski definition) is 1. The zero-order valence-electron chi connectivity index (χ0n) is 19.4. The Morgan fingerprint density at radius 2 is 1.18 bits per heavy atom. The molecule has 34 heavy (non-hydrogen) atoms. The zero-order chi connectivity index (χ0) is 23.6. The Hall–Kier alpha value is -2.19. The van der Waals surface area contributed by atoms with E-state index < -0.39 is 18.5 Å². The third kappa shape index (κ3) is 6.92. The second kappa shape index (κ2) is 13.0. The molecule has 1 fully saturated rings. The molecule has 0 unspecified atom stereocenters. The average molecular weight is 481 g/mol. The van der Waals surface area contributed by atoms with Crippen LogP contribution in [0.15, 0.2) is 91.0 Å². The SMILES string of the molecule is CS[C@@H]1[C@@H](OCc2ccccc2)[C@H](OCc2ccccc2)[C@@H](COCc2ccccc2)O[C@H]1O. The Morgan fingerprint density at radius 3 is 1.68 bits per heavy atom. The van der Waals surface area contributed by atoms with E-state index in [1.807, 2.05) is 97.3 Å². The van der Waals surface area contributed by atoms with Crippen molar-refractivity contribution >= 4 is 11.8 Å². The molecule has 1 aliphatic rings. The number of hydrogen-bond acceptors (Lipinski definition) is 6. The Labute approximate surface area is 206 Å². The van der Waals surface area contributed by atoms with E-state index in [1.165, 1.54) is 11.8 Å². The van der Waals surface area contributed by atoms with Gasteiger partial charge in [0.2, 0.25) is 0 Å². The maximum atomic E-state index is 10.8. The van der Waals surface area contributed by atoms with E-state index in [0.29, 0.717) is 19.8 Å². The van der Waals surface area contributed by atoms with E-state index in [1.54, 1.807) is 0 Å². The van der Waals surface area contributed by atoms with Crippen molar-refractivity contribution in [3.63, 3.8) is 0 Å². The Morgan fingerprint density at radius 1 is 0.706 bits per heavy atom. The summed E-state index contributed by atoms with van der Waals surface area (Å²) in [6.07, 6.45) is -0.255. The highest BCUT2D eigenvalue weighted by atomic mass is 32.2. The van der Waals surface area contributed by atoms with Crippen LogP contribution >= 0.6 is 11.8 Å². The fourth-order valence-electron chi connectivity index (χ4n) is 4.07. The molecule has 180 valence electrons. The molecule has 1 saturated heterocycles. The summed E-state index contributed by atoms with van der Waals surface area (Å²) in [5.74, 6) is 0. The molecule has 0 saturated carbocycles. The molecule has 6 heteroatoms. The fraction of sp³-hybridized carbons (Fsp3) is 0.357. The molecule has 0 amide bonds. The van der Waals surface area contributed by atoms with E-state index in [9.17, 15) is 5.11 Å². The average Bonchev–Trinajstić information content (AvgIpc) is 2.88. The largest absolute Gasteiger partial charge is 0.374 e. The molecule has 0 bridgehead atoms. The van der Waals surface area contributed by atoms with Crippen LogP contribution in [-0.2, 0) is 38.8 Å². The summed E-state index contributed by atoms with van der Waals surface area (Å²) >= 11 is 1.52. The van der Waals surface area contributed by atoms with E-state index in [0.717, 1.165) is 16.7 Å². The standard InChI is InChI=1S/C28H32O5S/c1-34-27-26(32-19-23-15-9-4-10-16-23)25(31-18-22-13-7-3-8-14-22)24(33-28(27)29)20-30-17-21-11-5-2-6-12-21/h2-16,24-29H,17-20H2,1H3/t24-,25-,26+,27-,28-/m1/s1. The van der Waals surface area contributed by atoms with Crippen molar-refractivity contribution in [1.82, 2.24) is 0 Å². The number of aliphatic hydroxyl groups excluding tert-OH is 1. The first-order chi connectivity index (χ1) is 16.7. The zero-order valence-corrected chi connectivity index (χ0v) is 20.2. The molecule has 4 rings (SSSR count). The lowest BCUT2D eigenvalue weighted by molar-refractivity contribution is -0.261. The number of thioether (sulfide) groups is 1. The molecule has 1 aliphatic heterocycles. The predicted molar refractivity (Wildman–Crippen MR) is 134 cm³/mol. The van der Waals surface area contributed by atoms with Crippen LogP contribution in [0, 0.1) is 0 Å². The van der Waals surface area contributed by atoms with Crippen LogP contribution < -0.4 is 0 Å². The normalized spacial score (nSPS) is 24.7. The second-order valence-electron chi connectivity index (χ2n) is 8.29. The Kier molecular flexibility index (Phi) is 9.56. The van der Waals surface area contributed by atoms with Crippen molar-refractivity contribution in [2.75, 3.05) is 12.9 Å². The lowest BCUT2D eigenvalue weighted by atomic mass is 10.00. The molecule has 0 spiro atoms. The van der Waals surface area contributed by atoms with E-state index >= 15 is 0 Å². The molecule has 3 aromatic carbocycles. The molecule has 5 nitrogen and oxygen atoms in total. The van der Waals surface area contributed by atoms with Gasteiger partial charge in [-0.1, -0.05) is 91.0 Å². The lowest BCUT2D eigenvalue weighted by Crippen LogP contribution is -2.59. The van der Waals surface area contributed by atoms with E-state index in [2.05, 4.69) is 0 Å². The molecule has 0 radical (unpaired) electrons. The maximum absolute atomic E-state index is 10.8. The van der Waals surface area contributed by atoms with Gasteiger partial charge in [-0.2, -0.15) is 11.8 Å². The number of ether oxygens (including phenoxy) is 4. The van der Waals surface area contributed by atoms with Crippen LogP contribution in [0.25, 0.3) is 0 Å². The highest BCUT2D eigenvalue weighted by molar-refractivity contribution is 7.99. The van der Waals surface area contributed by atoms with Gasteiger partial charge in [0.05, 0.1) is 31.7 Å². The van der Waals surface area contributed by atoms with Crippen LogP contribution in [0.5, 0.6) is 0 Å². The highest BCUT2D eigenvalue weighted by Gasteiger charge is 2.46. The maximum Gasteiger partial charge on any atom is 0.169 e. The summed E-state index contributed by atoms with van der Waals surface area (Å²) in [6, 6.07) is 30.1. The van der Waals surface area contributed by atoms with Gasteiger partial charge in [0.15, 0.2) is 6.29 Å². The van der Waals surface area contributed by atoms with Crippen LogP contribution in [0.2, 0.25) is 0 Å². The number of aliphatic hydroxyl groups is 1. The summed E-state index contributed by atoms with van der Waals surface area (Å²) in [4.78, 5) is 0. The lowest BCUT2D eigenvalue weighted by Gasteiger charge is -2.44. The van der Waals surface area contributed by atoms with Gasteiger partial charge >= 0.3 is 0 Å². The topological polar surface area (TPSA) is 57.2 Å². The molecule has 0 aliphatic carbocycles. The van der Waals surface area contributed by atoms with Gasteiger partial charge in [-0.15, -0.1) is 0 Å². The monoisotopic (exact) mass is 480 g/mol. The number of benzene rings is 3. The molecule has 0 aromatic heterocycles. The van der Waals surface area contributed by atoms with Crippen LogP contribution in [0.3, 0.4) is 0 Å². The van der Waals surface area contributed by atoms with Gasteiger partial charge in [-0.3, -0.25) is 0 Å². The van der Waals surface area contributed by atoms with Gasteiger partial charge in [0.1, 0.15) is 18.3 Å². The van der Waals surface area contributed by atoms with Gasteiger partial charge in [0, 0.05) is 0 Å².